The zero-order valence-electron chi connectivity index (χ0n) is 13.6. The lowest BCUT2D eigenvalue weighted by Crippen LogP contribution is -2.14. The molecule has 1 amide bonds. The number of nitrogens with zero attached hydrogens (tertiary/aromatic N) is 3. The number of pyridine rings is 2. The van der Waals surface area contributed by atoms with Crippen molar-refractivity contribution in [2.45, 2.75) is 19.8 Å². The van der Waals surface area contributed by atoms with E-state index >= 15 is 0 Å². The van der Waals surface area contributed by atoms with Gasteiger partial charge in [0.1, 0.15) is 11.6 Å². The summed E-state index contributed by atoms with van der Waals surface area (Å²) < 4.78 is 0. The van der Waals surface area contributed by atoms with Gasteiger partial charge >= 0.3 is 0 Å². The Balaban J connectivity index is 1.85. The van der Waals surface area contributed by atoms with E-state index in [9.17, 15) is 4.79 Å². The first-order valence-corrected chi connectivity index (χ1v) is 7.95. The maximum Gasteiger partial charge on any atom is 0.228 e. The van der Waals surface area contributed by atoms with Gasteiger partial charge in [0.15, 0.2) is 0 Å². The average molecular weight is 322 g/mol. The van der Waals surface area contributed by atoms with Crippen molar-refractivity contribution in [1.82, 2.24) is 20.2 Å². The molecule has 0 bridgehead atoms. The second-order valence-electron chi connectivity index (χ2n) is 6.08. The fourth-order valence-electron chi connectivity index (χ4n) is 2.79. The van der Waals surface area contributed by atoms with Crippen LogP contribution < -0.4 is 10.6 Å². The molecule has 24 heavy (non-hydrogen) atoms. The zero-order valence-corrected chi connectivity index (χ0v) is 13.6. The minimum absolute atomic E-state index is 0.0454. The molecule has 1 fully saturated rings. The van der Waals surface area contributed by atoms with E-state index in [4.69, 9.17) is 0 Å². The number of fused-ring (bicyclic) bond motifs is 1. The van der Waals surface area contributed by atoms with Crippen molar-refractivity contribution < 1.29 is 4.79 Å². The number of carbonyl (C=O) groups is 1. The molecule has 0 saturated heterocycles. The normalized spacial score (nSPS) is 13.9. The highest BCUT2D eigenvalue weighted by molar-refractivity contribution is 6.03. The predicted molar refractivity (Wildman–Crippen MR) is 92.8 cm³/mol. The number of hydrogen-bond donors (Lipinski definition) is 3. The van der Waals surface area contributed by atoms with Gasteiger partial charge < -0.3 is 10.6 Å². The minimum Gasteiger partial charge on any atom is -0.373 e. The third kappa shape index (κ3) is 2.47. The van der Waals surface area contributed by atoms with E-state index in [-0.39, 0.29) is 11.8 Å². The van der Waals surface area contributed by atoms with Gasteiger partial charge in [-0.05, 0) is 31.4 Å². The molecule has 0 radical (unpaired) electrons. The molecular weight excluding hydrogens is 304 g/mol. The van der Waals surface area contributed by atoms with Gasteiger partial charge in [-0.1, -0.05) is 0 Å². The van der Waals surface area contributed by atoms with Gasteiger partial charge in [0.05, 0.1) is 11.9 Å². The van der Waals surface area contributed by atoms with Crippen LogP contribution >= 0.6 is 0 Å². The highest BCUT2D eigenvalue weighted by Gasteiger charge is 2.29. The summed E-state index contributed by atoms with van der Waals surface area (Å²) in [6.07, 6.45) is 7.26. The number of aryl methyl sites for hydroxylation is 1. The zero-order chi connectivity index (χ0) is 16.7. The fourth-order valence-corrected chi connectivity index (χ4v) is 2.79. The van der Waals surface area contributed by atoms with Crippen LogP contribution in [0.2, 0.25) is 0 Å². The summed E-state index contributed by atoms with van der Waals surface area (Å²) in [7, 11) is 1.83. The van der Waals surface area contributed by atoms with Crippen LogP contribution in [0, 0.1) is 12.8 Å². The van der Waals surface area contributed by atoms with Crippen LogP contribution in [-0.2, 0) is 4.79 Å². The van der Waals surface area contributed by atoms with Crippen molar-refractivity contribution in [2.75, 3.05) is 17.7 Å². The van der Waals surface area contributed by atoms with Crippen LogP contribution in [-0.4, -0.2) is 33.1 Å². The van der Waals surface area contributed by atoms with Crippen LogP contribution in [0.3, 0.4) is 0 Å². The summed E-state index contributed by atoms with van der Waals surface area (Å²) >= 11 is 0. The molecule has 3 N–H and O–H groups in total. The number of aromatic amines is 1. The first-order chi connectivity index (χ1) is 11.7. The van der Waals surface area contributed by atoms with E-state index in [2.05, 4.69) is 30.8 Å². The summed E-state index contributed by atoms with van der Waals surface area (Å²) in [6.45, 7) is 1.99. The number of hydrogen-bond acceptors (Lipinski definition) is 5. The third-order valence-corrected chi connectivity index (χ3v) is 4.31. The smallest absolute Gasteiger partial charge is 0.228 e. The number of H-pyrrole nitrogens is 1. The molecule has 0 spiro atoms. The molecule has 3 aromatic rings. The molecule has 3 heterocycles. The number of anilines is 2. The highest BCUT2D eigenvalue weighted by atomic mass is 16.2. The molecule has 1 saturated carbocycles. The molecule has 0 unspecified atom stereocenters. The molecule has 0 aliphatic heterocycles. The maximum atomic E-state index is 12.0. The molecule has 122 valence electrons. The first-order valence-electron chi connectivity index (χ1n) is 7.95. The minimum atomic E-state index is 0.0454. The molecule has 7 nitrogen and oxygen atoms in total. The quantitative estimate of drug-likeness (QED) is 0.686. The van der Waals surface area contributed by atoms with Gasteiger partial charge in [0, 0.05) is 41.7 Å². The molecule has 1 aliphatic rings. The molecule has 1 aliphatic carbocycles. The van der Waals surface area contributed by atoms with Crippen molar-refractivity contribution in [2.24, 2.45) is 5.92 Å². The van der Waals surface area contributed by atoms with E-state index in [1.165, 1.54) is 0 Å². The van der Waals surface area contributed by atoms with E-state index in [0.717, 1.165) is 46.3 Å². The van der Waals surface area contributed by atoms with E-state index in [0.29, 0.717) is 5.82 Å². The van der Waals surface area contributed by atoms with Crippen LogP contribution in [0.5, 0.6) is 0 Å². The third-order valence-electron chi connectivity index (χ3n) is 4.31. The van der Waals surface area contributed by atoms with Gasteiger partial charge in [-0.2, -0.15) is 5.10 Å². The topological polar surface area (TPSA) is 95.6 Å². The maximum absolute atomic E-state index is 12.0. The largest absolute Gasteiger partial charge is 0.373 e. The highest BCUT2D eigenvalue weighted by Crippen LogP contribution is 2.34. The summed E-state index contributed by atoms with van der Waals surface area (Å²) in [5.41, 5.74) is 2.89. The van der Waals surface area contributed by atoms with Gasteiger partial charge in [0.2, 0.25) is 5.91 Å². The Kier molecular flexibility index (Phi) is 3.41. The Morgan fingerprint density at radius 3 is 2.71 bits per heavy atom. The molecule has 3 aromatic heterocycles. The Hall–Kier alpha value is -2.96. The van der Waals surface area contributed by atoms with E-state index in [1.54, 1.807) is 18.6 Å². The second kappa shape index (κ2) is 5.59. The van der Waals surface area contributed by atoms with Crippen molar-refractivity contribution in [3.8, 4) is 11.3 Å². The lowest BCUT2D eigenvalue weighted by atomic mass is 10.0. The monoisotopic (exact) mass is 322 g/mol. The lowest BCUT2D eigenvalue weighted by Gasteiger charge is -2.11. The molecule has 0 aromatic carbocycles. The summed E-state index contributed by atoms with van der Waals surface area (Å²) in [6, 6.07) is 1.90. The Morgan fingerprint density at radius 2 is 2.04 bits per heavy atom. The summed E-state index contributed by atoms with van der Waals surface area (Å²) in [5, 5.41) is 15.0. The summed E-state index contributed by atoms with van der Waals surface area (Å²) in [5.74, 6) is 1.50. The Morgan fingerprint density at radius 1 is 1.21 bits per heavy atom. The fraction of sp³-hybridized carbons (Fsp3) is 0.294. The average Bonchev–Trinajstić information content (AvgIpc) is 3.36. The SMILES string of the molecule is CNc1ncc(-c2[nH]ncc2C)c2cc(NC(=O)C3CC3)ncc12. The van der Waals surface area contributed by atoms with Gasteiger partial charge in [-0.25, -0.2) is 9.97 Å². The second-order valence-corrected chi connectivity index (χ2v) is 6.08. The van der Waals surface area contributed by atoms with Gasteiger partial charge in [-0.15, -0.1) is 0 Å². The predicted octanol–water partition coefficient (Wildman–Crippen LogP) is 2.72. The van der Waals surface area contributed by atoms with Crippen LogP contribution in [0.1, 0.15) is 18.4 Å². The van der Waals surface area contributed by atoms with Crippen molar-refractivity contribution in [3.63, 3.8) is 0 Å². The molecule has 7 heteroatoms. The van der Waals surface area contributed by atoms with E-state index in [1.807, 2.05) is 20.0 Å². The molecule has 0 atom stereocenters. The standard InChI is InChI=1S/C17H18N6O/c1-9-6-21-23-15(9)12-7-20-16(18-2)13-8-19-14(5-11(12)13)22-17(24)10-3-4-10/h5-8,10H,3-4H2,1-2H3,(H,18,20)(H,21,23)(H,19,22,24). The Labute approximate surface area is 138 Å². The van der Waals surface area contributed by atoms with Gasteiger partial charge in [-0.3, -0.25) is 9.89 Å². The first kappa shape index (κ1) is 14.6. The molecular formula is C17H18N6O. The lowest BCUT2D eigenvalue weighted by molar-refractivity contribution is -0.117. The molecule has 4 rings (SSSR count). The number of aromatic nitrogens is 4. The van der Waals surface area contributed by atoms with Gasteiger partial charge in [0.25, 0.3) is 0 Å². The van der Waals surface area contributed by atoms with Crippen molar-refractivity contribution in [1.29, 1.82) is 0 Å². The van der Waals surface area contributed by atoms with Crippen molar-refractivity contribution >= 4 is 28.3 Å². The van der Waals surface area contributed by atoms with Crippen LogP contribution in [0.25, 0.3) is 22.0 Å². The van der Waals surface area contributed by atoms with Crippen LogP contribution in [0.4, 0.5) is 11.6 Å². The number of carbonyl (C=O) groups excluding carboxylic acids is 1. The van der Waals surface area contributed by atoms with Crippen LogP contribution in [0.15, 0.2) is 24.7 Å². The van der Waals surface area contributed by atoms with Crippen molar-refractivity contribution in [3.05, 3.63) is 30.2 Å². The Bertz CT molecular complexity index is 928. The number of amides is 1. The van der Waals surface area contributed by atoms with E-state index < -0.39 is 0 Å². The number of rotatable bonds is 4. The summed E-state index contributed by atoms with van der Waals surface area (Å²) in [4.78, 5) is 20.8. The number of nitrogens with one attached hydrogen (secondary N) is 3.